The van der Waals surface area contributed by atoms with Crippen LogP contribution in [-0.4, -0.2) is 28.6 Å². The number of nitrogens with one attached hydrogen (secondary N) is 2. The van der Waals surface area contributed by atoms with E-state index in [1.165, 1.54) is 29.9 Å². The molecule has 0 atom stereocenters. The first-order valence-corrected chi connectivity index (χ1v) is 9.22. The fourth-order valence-electron chi connectivity index (χ4n) is 3.22. The second-order valence-corrected chi connectivity index (χ2v) is 6.92. The van der Waals surface area contributed by atoms with Crippen molar-refractivity contribution in [2.24, 2.45) is 16.8 Å². The Morgan fingerprint density at radius 2 is 2.07 bits per heavy atom. The second kappa shape index (κ2) is 8.25. The lowest BCUT2D eigenvalue weighted by Gasteiger charge is -2.18. The molecule has 11 heteroatoms. The van der Waals surface area contributed by atoms with Crippen molar-refractivity contribution in [1.82, 2.24) is 20.5 Å². The summed E-state index contributed by atoms with van der Waals surface area (Å²) in [6, 6.07) is 9.03. The lowest BCUT2D eigenvalue weighted by atomic mass is 10.0. The van der Waals surface area contributed by atoms with Gasteiger partial charge in [-0.15, -0.1) is 0 Å². The van der Waals surface area contributed by atoms with Gasteiger partial charge in [0.15, 0.2) is 0 Å². The normalized spacial score (nSPS) is 12.3. The average molecular weight is 436 g/mol. The number of amidine groups is 1. The van der Waals surface area contributed by atoms with Crippen molar-refractivity contribution in [3.8, 4) is 0 Å². The van der Waals surface area contributed by atoms with Crippen molar-refractivity contribution >= 4 is 34.2 Å². The van der Waals surface area contributed by atoms with Crippen molar-refractivity contribution in [1.29, 1.82) is 0 Å². The van der Waals surface area contributed by atoms with Crippen LogP contribution < -0.4 is 22.4 Å². The van der Waals surface area contributed by atoms with Crippen LogP contribution in [0, 0.1) is 6.92 Å². The van der Waals surface area contributed by atoms with Gasteiger partial charge < -0.3 is 16.6 Å². The summed E-state index contributed by atoms with van der Waals surface area (Å²) in [5.41, 5.74) is 3.41. The van der Waals surface area contributed by atoms with Crippen LogP contribution in [0.1, 0.15) is 27.2 Å². The van der Waals surface area contributed by atoms with Gasteiger partial charge in [-0.1, -0.05) is 29.8 Å². The first kappa shape index (κ1) is 21.5. The fraction of sp³-hybridized carbons (Fsp3) is 0.211. The highest BCUT2D eigenvalue weighted by Crippen LogP contribution is 2.32. The van der Waals surface area contributed by atoms with E-state index in [4.69, 9.17) is 23.3 Å². The highest BCUT2D eigenvalue weighted by atomic mass is 35.5. The van der Waals surface area contributed by atoms with E-state index in [9.17, 15) is 13.6 Å². The SMILES string of the molecule is CNC(=O)c1cccc(Cl)c1Cn1nc(C)c2ccc(C(F)(F)/C(=N/N)NN)cc21. The maximum atomic E-state index is 14.7. The van der Waals surface area contributed by atoms with E-state index in [1.807, 2.05) is 5.43 Å². The highest BCUT2D eigenvalue weighted by molar-refractivity contribution is 6.31. The lowest BCUT2D eigenvalue weighted by molar-refractivity contribution is 0.0714. The number of carbonyl (C=O) groups is 1. The zero-order chi connectivity index (χ0) is 22.1. The number of aryl methyl sites for hydroxylation is 1. The molecule has 3 aromatic rings. The summed E-state index contributed by atoms with van der Waals surface area (Å²) in [6.45, 7) is 1.87. The van der Waals surface area contributed by atoms with E-state index in [0.717, 1.165) is 0 Å². The van der Waals surface area contributed by atoms with E-state index in [0.29, 0.717) is 32.7 Å². The van der Waals surface area contributed by atoms with Gasteiger partial charge >= 0.3 is 5.92 Å². The molecule has 0 saturated heterocycles. The Bertz CT molecular complexity index is 1140. The van der Waals surface area contributed by atoms with Gasteiger partial charge in [0.25, 0.3) is 5.91 Å². The molecule has 8 nitrogen and oxygen atoms in total. The predicted octanol–water partition coefficient (Wildman–Crippen LogP) is 2.23. The highest BCUT2D eigenvalue weighted by Gasteiger charge is 2.39. The van der Waals surface area contributed by atoms with Crippen molar-refractivity contribution < 1.29 is 13.6 Å². The molecule has 1 heterocycles. The molecule has 3 rings (SSSR count). The smallest absolute Gasteiger partial charge is 0.332 e. The van der Waals surface area contributed by atoms with E-state index < -0.39 is 11.8 Å². The number of amides is 1. The molecule has 158 valence electrons. The third kappa shape index (κ3) is 3.66. The number of hydrazone groups is 1. The van der Waals surface area contributed by atoms with Crippen LogP contribution in [0.5, 0.6) is 0 Å². The van der Waals surface area contributed by atoms with Crippen LogP contribution in [0.4, 0.5) is 8.78 Å². The molecule has 1 aromatic heterocycles. The molecule has 30 heavy (non-hydrogen) atoms. The molecule has 0 fully saturated rings. The van der Waals surface area contributed by atoms with Gasteiger partial charge in [-0.2, -0.15) is 19.0 Å². The van der Waals surface area contributed by atoms with Crippen molar-refractivity contribution in [2.45, 2.75) is 19.4 Å². The van der Waals surface area contributed by atoms with Crippen molar-refractivity contribution in [3.63, 3.8) is 0 Å². The third-order valence-electron chi connectivity index (χ3n) is 4.76. The van der Waals surface area contributed by atoms with Crippen molar-refractivity contribution in [3.05, 3.63) is 63.8 Å². The fourth-order valence-corrected chi connectivity index (χ4v) is 3.45. The molecule has 0 bridgehead atoms. The van der Waals surface area contributed by atoms with E-state index in [1.54, 1.807) is 25.1 Å². The van der Waals surface area contributed by atoms with Gasteiger partial charge in [-0.25, -0.2) is 5.84 Å². The minimum Gasteiger partial charge on any atom is -0.355 e. The number of carbonyl (C=O) groups excluding carboxylic acids is 1. The Labute approximate surface area is 175 Å². The molecular formula is C19H20ClF2N7O. The number of rotatable bonds is 5. The number of aromatic nitrogens is 2. The molecule has 0 aliphatic heterocycles. The Balaban J connectivity index is 2.14. The largest absolute Gasteiger partial charge is 0.355 e. The minimum absolute atomic E-state index is 0.106. The molecule has 0 radical (unpaired) electrons. The van der Waals surface area contributed by atoms with Gasteiger partial charge in [-0.05, 0) is 25.1 Å². The predicted molar refractivity (Wildman–Crippen MR) is 111 cm³/mol. The molecule has 2 aromatic carbocycles. The number of nitrogens with two attached hydrogens (primary N) is 2. The number of nitrogens with zero attached hydrogens (tertiary/aromatic N) is 3. The minimum atomic E-state index is -3.54. The standard InChI is InChI=1S/C19H20ClF2N7O/c1-10-12-7-6-11(19(21,22)18(26-23)27-24)8-16(12)29(28-10)9-14-13(17(30)25-2)4-3-5-15(14)20/h3-8H,9,23-24H2,1-2H3,(H,25,30)(H,26,27). The van der Waals surface area contributed by atoms with Gasteiger partial charge in [0, 0.05) is 34.1 Å². The quantitative estimate of drug-likeness (QED) is 0.212. The Morgan fingerprint density at radius 3 is 2.70 bits per heavy atom. The topological polar surface area (TPSA) is 123 Å². The molecular weight excluding hydrogens is 416 g/mol. The van der Waals surface area contributed by atoms with Gasteiger partial charge in [0.1, 0.15) is 0 Å². The Hall–Kier alpha value is -3.24. The molecule has 0 aliphatic rings. The summed E-state index contributed by atoms with van der Waals surface area (Å²) < 4.78 is 31.0. The van der Waals surface area contributed by atoms with Crippen LogP contribution >= 0.6 is 11.6 Å². The van der Waals surface area contributed by atoms with Gasteiger partial charge in [0.2, 0.25) is 5.84 Å². The molecule has 0 saturated carbocycles. The number of hydrogen-bond acceptors (Lipinski definition) is 5. The zero-order valence-corrected chi connectivity index (χ0v) is 17.0. The van der Waals surface area contributed by atoms with Gasteiger partial charge in [0.05, 0.1) is 17.8 Å². The average Bonchev–Trinajstić information content (AvgIpc) is 3.04. The molecule has 6 N–H and O–H groups in total. The molecule has 0 spiro atoms. The van der Waals surface area contributed by atoms with Crippen LogP contribution in [-0.2, 0) is 12.5 Å². The van der Waals surface area contributed by atoms with Crippen molar-refractivity contribution in [2.75, 3.05) is 7.05 Å². The first-order chi connectivity index (χ1) is 14.2. The maximum absolute atomic E-state index is 14.7. The summed E-state index contributed by atoms with van der Waals surface area (Å²) in [6.07, 6.45) is 0. The van der Waals surface area contributed by atoms with Gasteiger partial charge in [-0.3, -0.25) is 9.48 Å². The molecule has 1 amide bonds. The number of hydrogen-bond donors (Lipinski definition) is 4. The third-order valence-corrected chi connectivity index (χ3v) is 5.11. The van der Waals surface area contributed by atoms with Crippen LogP contribution in [0.2, 0.25) is 5.02 Å². The monoisotopic (exact) mass is 435 g/mol. The number of hydrazine groups is 1. The lowest BCUT2D eigenvalue weighted by Crippen LogP contribution is -2.43. The van der Waals surface area contributed by atoms with Crippen LogP contribution in [0.3, 0.4) is 0 Å². The van der Waals surface area contributed by atoms with Crippen LogP contribution in [0.15, 0.2) is 41.5 Å². The number of benzene rings is 2. The Kier molecular flexibility index (Phi) is 5.90. The van der Waals surface area contributed by atoms with Crippen LogP contribution in [0.25, 0.3) is 10.9 Å². The van der Waals surface area contributed by atoms with E-state index in [2.05, 4.69) is 15.5 Å². The number of halogens is 3. The maximum Gasteiger partial charge on any atom is 0.332 e. The summed E-state index contributed by atoms with van der Waals surface area (Å²) in [4.78, 5) is 12.2. The summed E-state index contributed by atoms with van der Waals surface area (Å²) in [7, 11) is 1.51. The summed E-state index contributed by atoms with van der Waals surface area (Å²) >= 11 is 6.33. The summed E-state index contributed by atoms with van der Waals surface area (Å²) in [5, 5.41) is 11.1. The number of fused-ring (bicyclic) bond motifs is 1. The Morgan fingerprint density at radius 1 is 1.33 bits per heavy atom. The molecule has 0 unspecified atom stereocenters. The van der Waals surface area contributed by atoms with E-state index >= 15 is 0 Å². The summed E-state index contributed by atoms with van der Waals surface area (Å²) in [5.74, 6) is 5.41. The number of alkyl halides is 2. The molecule has 0 aliphatic carbocycles. The van der Waals surface area contributed by atoms with E-state index in [-0.39, 0.29) is 18.0 Å². The zero-order valence-electron chi connectivity index (χ0n) is 16.2. The first-order valence-electron chi connectivity index (χ1n) is 8.84. The second-order valence-electron chi connectivity index (χ2n) is 6.52.